The summed E-state index contributed by atoms with van der Waals surface area (Å²) < 4.78 is 5.79. The van der Waals surface area contributed by atoms with Crippen LogP contribution in [0, 0.1) is 11.8 Å². The topological polar surface area (TPSA) is 38.5 Å². The Hall–Kier alpha value is -1.06. The maximum Gasteiger partial charge on any atom is 0.119 e. The lowest BCUT2D eigenvalue weighted by molar-refractivity contribution is 0.154. The minimum atomic E-state index is 0.311. The fraction of sp³-hybridized carbons (Fsp3) is 0.667. The normalized spacial score (nSPS) is 24.8. The van der Waals surface area contributed by atoms with Crippen LogP contribution in [0.5, 0.6) is 5.75 Å². The zero-order valence-corrected chi connectivity index (χ0v) is 13.1. The third-order valence-corrected chi connectivity index (χ3v) is 4.80. The lowest BCUT2D eigenvalue weighted by Gasteiger charge is -2.34. The van der Waals surface area contributed by atoms with Crippen molar-refractivity contribution >= 4 is 0 Å². The molecule has 1 aliphatic heterocycles. The molecule has 2 atom stereocenters. The van der Waals surface area contributed by atoms with Crippen LogP contribution < -0.4 is 10.5 Å². The number of hydrogen-bond donors (Lipinski definition) is 1. The predicted octanol–water partition coefficient (Wildman–Crippen LogP) is 3.03. The van der Waals surface area contributed by atoms with Crippen LogP contribution >= 0.6 is 0 Å². The lowest BCUT2D eigenvalue weighted by Crippen LogP contribution is -2.41. The van der Waals surface area contributed by atoms with Gasteiger partial charge < -0.3 is 10.5 Å². The maximum absolute atomic E-state index is 6.06. The molecule has 1 saturated heterocycles. The van der Waals surface area contributed by atoms with Crippen LogP contribution in [0.2, 0.25) is 0 Å². The minimum Gasteiger partial charge on any atom is -0.493 e. The molecule has 1 heterocycles. The average Bonchev–Trinajstić information content (AvgIpc) is 3.31. The average molecular weight is 288 g/mol. The van der Waals surface area contributed by atoms with Gasteiger partial charge in [0.2, 0.25) is 0 Å². The van der Waals surface area contributed by atoms with E-state index in [9.17, 15) is 0 Å². The molecule has 0 aromatic heterocycles. The third kappa shape index (κ3) is 4.45. The van der Waals surface area contributed by atoms with Gasteiger partial charge >= 0.3 is 0 Å². The highest BCUT2D eigenvalue weighted by Crippen LogP contribution is 2.29. The number of hydrogen-bond acceptors (Lipinski definition) is 3. The molecule has 0 amide bonds. The van der Waals surface area contributed by atoms with Gasteiger partial charge in [0.25, 0.3) is 0 Å². The Morgan fingerprint density at radius 1 is 1.24 bits per heavy atom. The summed E-state index contributed by atoms with van der Waals surface area (Å²) in [6.45, 7) is 6.40. The van der Waals surface area contributed by atoms with E-state index in [1.165, 1.54) is 37.8 Å². The molecule has 1 aliphatic carbocycles. The summed E-state index contributed by atoms with van der Waals surface area (Å²) in [5.74, 6) is 2.48. The molecular formula is C18H28N2O. The second-order valence-electron chi connectivity index (χ2n) is 6.89. The van der Waals surface area contributed by atoms with Gasteiger partial charge in [0.15, 0.2) is 0 Å². The molecule has 1 aromatic rings. The van der Waals surface area contributed by atoms with Crippen molar-refractivity contribution in [3.05, 3.63) is 29.8 Å². The zero-order chi connectivity index (χ0) is 14.7. The van der Waals surface area contributed by atoms with Gasteiger partial charge in [-0.3, -0.25) is 4.90 Å². The quantitative estimate of drug-likeness (QED) is 0.874. The van der Waals surface area contributed by atoms with Gasteiger partial charge in [0, 0.05) is 19.1 Å². The van der Waals surface area contributed by atoms with E-state index < -0.39 is 0 Å². The number of likely N-dealkylation sites (tertiary alicyclic amines) is 1. The number of ether oxygens (including phenoxy) is 1. The largest absolute Gasteiger partial charge is 0.493 e. The molecule has 1 saturated carbocycles. The molecule has 3 heteroatoms. The van der Waals surface area contributed by atoms with Crippen molar-refractivity contribution in [3.8, 4) is 5.75 Å². The molecular weight excluding hydrogens is 260 g/mol. The molecule has 0 radical (unpaired) electrons. The maximum atomic E-state index is 6.06. The van der Waals surface area contributed by atoms with E-state index in [0.717, 1.165) is 31.4 Å². The number of rotatable bonds is 6. The summed E-state index contributed by atoms with van der Waals surface area (Å²) >= 11 is 0. The van der Waals surface area contributed by atoms with Gasteiger partial charge in [0.05, 0.1) is 6.61 Å². The van der Waals surface area contributed by atoms with Crippen LogP contribution in [0.1, 0.15) is 38.2 Å². The molecule has 3 rings (SSSR count). The van der Waals surface area contributed by atoms with Gasteiger partial charge in [-0.2, -0.15) is 0 Å². The molecule has 2 unspecified atom stereocenters. The van der Waals surface area contributed by atoms with Gasteiger partial charge in [-0.1, -0.05) is 12.1 Å². The molecule has 3 nitrogen and oxygen atoms in total. The second kappa shape index (κ2) is 6.80. The lowest BCUT2D eigenvalue weighted by atomic mass is 9.92. The van der Waals surface area contributed by atoms with E-state index in [4.69, 9.17) is 10.5 Å². The van der Waals surface area contributed by atoms with Crippen LogP contribution in [0.15, 0.2) is 24.3 Å². The molecule has 2 fully saturated rings. The molecule has 0 spiro atoms. The number of nitrogens with zero attached hydrogens (tertiary/aromatic N) is 1. The first-order valence-electron chi connectivity index (χ1n) is 8.40. The highest BCUT2D eigenvalue weighted by Gasteiger charge is 2.23. The number of piperidine rings is 1. The Morgan fingerprint density at radius 2 is 2.00 bits per heavy atom. The minimum absolute atomic E-state index is 0.311. The van der Waals surface area contributed by atoms with Crippen molar-refractivity contribution in [2.75, 3.05) is 19.7 Å². The summed E-state index contributed by atoms with van der Waals surface area (Å²) in [5.41, 5.74) is 7.44. The zero-order valence-electron chi connectivity index (χ0n) is 13.1. The molecule has 1 aromatic carbocycles. The summed E-state index contributed by atoms with van der Waals surface area (Å²) in [6.07, 6.45) is 5.23. The Morgan fingerprint density at radius 3 is 2.67 bits per heavy atom. The van der Waals surface area contributed by atoms with E-state index >= 15 is 0 Å². The van der Waals surface area contributed by atoms with Gasteiger partial charge in [0.1, 0.15) is 5.75 Å². The fourth-order valence-electron chi connectivity index (χ4n) is 3.11. The van der Waals surface area contributed by atoms with Gasteiger partial charge in [-0.25, -0.2) is 0 Å². The van der Waals surface area contributed by atoms with Crippen molar-refractivity contribution in [1.29, 1.82) is 0 Å². The Labute approximate surface area is 128 Å². The van der Waals surface area contributed by atoms with E-state index in [2.05, 4.69) is 36.1 Å². The van der Waals surface area contributed by atoms with Crippen LogP contribution in [0.4, 0.5) is 0 Å². The van der Waals surface area contributed by atoms with Crippen LogP contribution in [0.25, 0.3) is 0 Å². The SMILES string of the molecule is CC(N)C1CCCN(Cc2ccc(OCC3CC3)cc2)C1. The van der Waals surface area contributed by atoms with Crippen LogP contribution in [-0.4, -0.2) is 30.6 Å². The first kappa shape index (κ1) is 14.9. The number of nitrogens with two attached hydrogens (primary N) is 1. The molecule has 21 heavy (non-hydrogen) atoms. The van der Waals surface area contributed by atoms with Gasteiger partial charge in [-0.15, -0.1) is 0 Å². The summed E-state index contributed by atoms with van der Waals surface area (Å²) in [6, 6.07) is 8.95. The Balaban J connectivity index is 1.49. The van der Waals surface area contributed by atoms with Crippen molar-refractivity contribution in [3.63, 3.8) is 0 Å². The molecule has 0 bridgehead atoms. The first-order chi connectivity index (χ1) is 10.2. The van der Waals surface area contributed by atoms with Crippen molar-refractivity contribution in [2.24, 2.45) is 17.6 Å². The number of benzene rings is 1. The smallest absolute Gasteiger partial charge is 0.119 e. The Bertz CT molecular complexity index is 439. The fourth-order valence-corrected chi connectivity index (χ4v) is 3.11. The van der Waals surface area contributed by atoms with Crippen LogP contribution in [0.3, 0.4) is 0 Å². The Kier molecular flexibility index (Phi) is 4.81. The third-order valence-electron chi connectivity index (χ3n) is 4.80. The molecule has 2 N–H and O–H groups in total. The van der Waals surface area contributed by atoms with E-state index in [-0.39, 0.29) is 0 Å². The first-order valence-corrected chi connectivity index (χ1v) is 8.40. The second-order valence-corrected chi connectivity index (χ2v) is 6.89. The highest BCUT2D eigenvalue weighted by molar-refractivity contribution is 5.27. The van der Waals surface area contributed by atoms with E-state index in [1.54, 1.807) is 0 Å². The van der Waals surface area contributed by atoms with Crippen molar-refractivity contribution in [1.82, 2.24) is 4.90 Å². The molecule has 2 aliphatic rings. The van der Waals surface area contributed by atoms with Crippen molar-refractivity contribution in [2.45, 2.75) is 45.2 Å². The highest BCUT2D eigenvalue weighted by atomic mass is 16.5. The monoisotopic (exact) mass is 288 g/mol. The predicted molar refractivity (Wildman–Crippen MR) is 86.3 cm³/mol. The van der Waals surface area contributed by atoms with E-state index in [0.29, 0.717) is 12.0 Å². The summed E-state index contributed by atoms with van der Waals surface area (Å²) in [5, 5.41) is 0. The van der Waals surface area contributed by atoms with E-state index in [1.807, 2.05) is 0 Å². The van der Waals surface area contributed by atoms with Gasteiger partial charge in [-0.05, 0) is 68.7 Å². The molecule has 116 valence electrons. The summed E-state index contributed by atoms with van der Waals surface area (Å²) in [7, 11) is 0. The summed E-state index contributed by atoms with van der Waals surface area (Å²) in [4.78, 5) is 2.54. The van der Waals surface area contributed by atoms with Crippen LogP contribution in [-0.2, 0) is 6.54 Å². The standard InChI is InChI=1S/C18H28N2O/c1-14(19)17-3-2-10-20(12-17)11-15-6-8-18(9-7-15)21-13-16-4-5-16/h6-9,14,16-17H,2-5,10-13,19H2,1H3. The van der Waals surface area contributed by atoms with Crippen molar-refractivity contribution < 1.29 is 4.74 Å².